The molecule has 140 valence electrons. The maximum atomic E-state index is 13.0. The monoisotopic (exact) mass is 368 g/mol. The van der Waals surface area contributed by atoms with E-state index in [2.05, 4.69) is 15.5 Å². The molecule has 2 aromatic heterocycles. The predicted molar refractivity (Wildman–Crippen MR) is 98.8 cm³/mol. The average Bonchev–Trinajstić information content (AvgIpc) is 3.16. The van der Waals surface area contributed by atoms with Gasteiger partial charge >= 0.3 is 0 Å². The van der Waals surface area contributed by atoms with Gasteiger partial charge in [-0.2, -0.15) is 0 Å². The first kappa shape index (κ1) is 17.5. The second-order valence-corrected chi connectivity index (χ2v) is 7.00. The number of aromatic nitrogens is 3. The summed E-state index contributed by atoms with van der Waals surface area (Å²) in [6, 6.07) is 7.66. The van der Waals surface area contributed by atoms with Crippen LogP contribution in [0, 0.1) is 19.7 Å². The van der Waals surface area contributed by atoms with Crippen molar-refractivity contribution in [2.24, 2.45) is 0 Å². The molecule has 0 aliphatic heterocycles. The fourth-order valence-electron chi connectivity index (χ4n) is 3.30. The summed E-state index contributed by atoms with van der Waals surface area (Å²) < 4.78 is 20.7. The van der Waals surface area contributed by atoms with Crippen LogP contribution in [0.25, 0.3) is 11.5 Å². The number of hydrogen-bond donors (Lipinski definition) is 1. The zero-order chi connectivity index (χ0) is 19.0. The Morgan fingerprint density at radius 3 is 2.67 bits per heavy atom. The number of amides is 1. The largest absolute Gasteiger partial charge is 0.420 e. The summed E-state index contributed by atoms with van der Waals surface area (Å²) in [5, 5.41) is 11.2. The number of carbonyl (C=O) groups is 1. The first-order chi connectivity index (χ1) is 13.0. The average molecular weight is 368 g/mol. The van der Waals surface area contributed by atoms with E-state index in [9.17, 15) is 9.18 Å². The lowest BCUT2D eigenvalue weighted by Crippen LogP contribution is -2.20. The Labute approximate surface area is 156 Å². The highest BCUT2D eigenvalue weighted by Crippen LogP contribution is 2.37. The third-order valence-corrected chi connectivity index (χ3v) is 5.13. The van der Waals surface area contributed by atoms with E-state index in [-0.39, 0.29) is 18.3 Å². The van der Waals surface area contributed by atoms with Crippen LogP contribution in [0.5, 0.6) is 0 Å². The normalized spacial score (nSPS) is 14.2. The summed E-state index contributed by atoms with van der Waals surface area (Å²) in [7, 11) is 0. The minimum Gasteiger partial charge on any atom is -0.420 e. The van der Waals surface area contributed by atoms with Crippen molar-refractivity contribution in [1.29, 1.82) is 0 Å². The van der Waals surface area contributed by atoms with E-state index in [4.69, 9.17) is 4.42 Å². The molecule has 27 heavy (non-hydrogen) atoms. The topological polar surface area (TPSA) is 73.0 Å². The third kappa shape index (κ3) is 3.49. The van der Waals surface area contributed by atoms with Crippen LogP contribution in [0.2, 0.25) is 0 Å². The van der Waals surface area contributed by atoms with Crippen LogP contribution in [-0.4, -0.2) is 20.7 Å². The maximum Gasteiger partial charge on any atom is 0.249 e. The van der Waals surface area contributed by atoms with Gasteiger partial charge in [0.2, 0.25) is 17.7 Å². The van der Waals surface area contributed by atoms with Crippen LogP contribution in [0.15, 0.2) is 34.7 Å². The Bertz CT molecular complexity index is 971. The lowest BCUT2D eigenvalue weighted by molar-refractivity contribution is -0.116. The van der Waals surface area contributed by atoms with Gasteiger partial charge in [-0.25, -0.2) is 4.39 Å². The van der Waals surface area contributed by atoms with E-state index < -0.39 is 0 Å². The van der Waals surface area contributed by atoms with E-state index in [0.717, 1.165) is 29.8 Å². The Balaban J connectivity index is 1.51. The fourth-order valence-corrected chi connectivity index (χ4v) is 3.30. The van der Waals surface area contributed by atoms with Gasteiger partial charge in [-0.3, -0.25) is 4.79 Å². The van der Waals surface area contributed by atoms with E-state index >= 15 is 0 Å². The lowest BCUT2D eigenvalue weighted by Gasteiger charge is -2.20. The number of nitrogens with zero attached hydrogens (tertiary/aromatic N) is 3. The second kappa shape index (κ2) is 6.98. The van der Waals surface area contributed by atoms with Crippen LogP contribution in [-0.2, 0) is 11.3 Å². The Morgan fingerprint density at radius 1 is 1.26 bits per heavy atom. The number of carbonyl (C=O) groups excluding carboxylic acids is 1. The summed E-state index contributed by atoms with van der Waals surface area (Å²) in [6.45, 7) is 4.02. The standard InChI is InChI=1S/C20H21FN4O2/c1-12-10-17(20-24-23-19(27-20)14-4-3-5-14)13(2)25(12)11-18(26)22-16-8-6-15(21)7-9-16/h6-10,14H,3-5,11H2,1-2H3,(H,22,26). The maximum absolute atomic E-state index is 13.0. The molecule has 1 aromatic carbocycles. The number of halogens is 1. The fraction of sp³-hybridized carbons (Fsp3) is 0.350. The van der Waals surface area contributed by atoms with Crippen LogP contribution >= 0.6 is 0 Å². The Kier molecular flexibility index (Phi) is 4.51. The number of nitrogens with one attached hydrogen (secondary N) is 1. The van der Waals surface area contributed by atoms with Gasteiger partial charge in [0, 0.05) is 23.0 Å². The van der Waals surface area contributed by atoms with E-state index in [1.165, 1.54) is 30.7 Å². The lowest BCUT2D eigenvalue weighted by atomic mass is 9.85. The van der Waals surface area contributed by atoms with Crippen molar-refractivity contribution in [3.8, 4) is 11.5 Å². The summed E-state index contributed by atoms with van der Waals surface area (Å²) in [4.78, 5) is 12.4. The summed E-state index contributed by atoms with van der Waals surface area (Å²) in [6.07, 6.45) is 3.41. The minimum atomic E-state index is -0.337. The van der Waals surface area contributed by atoms with Crippen molar-refractivity contribution in [2.75, 3.05) is 5.32 Å². The van der Waals surface area contributed by atoms with E-state index in [1.807, 2.05) is 24.5 Å². The van der Waals surface area contributed by atoms with E-state index in [1.54, 1.807) is 0 Å². The molecule has 1 saturated carbocycles. The number of rotatable bonds is 5. The number of hydrogen-bond acceptors (Lipinski definition) is 4. The van der Waals surface area contributed by atoms with Crippen molar-refractivity contribution >= 4 is 11.6 Å². The van der Waals surface area contributed by atoms with Crippen LogP contribution in [0.4, 0.5) is 10.1 Å². The van der Waals surface area contributed by atoms with Gasteiger partial charge in [0.1, 0.15) is 12.4 Å². The third-order valence-electron chi connectivity index (χ3n) is 5.13. The van der Waals surface area contributed by atoms with Gasteiger partial charge in [-0.1, -0.05) is 6.42 Å². The second-order valence-electron chi connectivity index (χ2n) is 7.00. The summed E-state index contributed by atoms with van der Waals surface area (Å²) in [5.74, 6) is 1.06. The zero-order valence-electron chi connectivity index (χ0n) is 15.3. The molecule has 0 unspecified atom stereocenters. The van der Waals surface area contributed by atoms with E-state index in [0.29, 0.717) is 23.4 Å². The molecule has 0 saturated heterocycles. The molecular formula is C20H21FN4O2. The highest BCUT2D eigenvalue weighted by atomic mass is 19.1. The molecular weight excluding hydrogens is 347 g/mol. The minimum absolute atomic E-state index is 0.151. The molecule has 7 heteroatoms. The van der Waals surface area contributed by atoms with Crippen LogP contribution in [0.1, 0.15) is 42.5 Å². The molecule has 1 amide bonds. The van der Waals surface area contributed by atoms with Crippen molar-refractivity contribution in [3.63, 3.8) is 0 Å². The highest BCUT2D eigenvalue weighted by Gasteiger charge is 2.26. The number of aryl methyl sites for hydroxylation is 1. The van der Waals surface area contributed by atoms with Crippen molar-refractivity contribution in [2.45, 2.75) is 45.6 Å². The molecule has 0 atom stereocenters. The molecule has 1 fully saturated rings. The summed E-state index contributed by atoms with van der Waals surface area (Å²) in [5.41, 5.74) is 3.23. The SMILES string of the molecule is Cc1cc(-c2nnc(C3CCC3)o2)c(C)n1CC(=O)Nc1ccc(F)cc1. The molecule has 0 radical (unpaired) electrons. The van der Waals surface area contributed by atoms with Crippen molar-refractivity contribution in [1.82, 2.24) is 14.8 Å². The predicted octanol–water partition coefficient (Wildman–Crippen LogP) is 4.20. The molecule has 1 aliphatic rings. The van der Waals surface area contributed by atoms with Crippen LogP contribution < -0.4 is 5.32 Å². The smallest absolute Gasteiger partial charge is 0.249 e. The van der Waals surface area contributed by atoms with Gasteiger partial charge in [-0.15, -0.1) is 10.2 Å². The number of anilines is 1. The van der Waals surface area contributed by atoms with Crippen LogP contribution in [0.3, 0.4) is 0 Å². The molecule has 6 nitrogen and oxygen atoms in total. The molecule has 0 spiro atoms. The Morgan fingerprint density at radius 2 is 2.00 bits per heavy atom. The van der Waals surface area contributed by atoms with Crippen molar-refractivity contribution in [3.05, 3.63) is 53.4 Å². The van der Waals surface area contributed by atoms with Gasteiger partial charge in [0.25, 0.3) is 0 Å². The molecule has 0 bridgehead atoms. The zero-order valence-corrected chi connectivity index (χ0v) is 15.3. The first-order valence-corrected chi connectivity index (χ1v) is 9.07. The molecule has 4 rings (SSSR count). The van der Waals surface area contributed by atoms with Gasteiger partial charge in [0.15, 0.2) is 0 Å². The highest BCUT2D eigenvalue weighted by molar-refractivity contribution is 5.90. The molecule has 3 aromatic rings. The van der Waals surface area contributed by atoms with Crippen molar-refractivity contribution < 1.29 is 13.6 Å². The number of benzene rings is 1. The quantitative estimate of drug-likeness (QED) is 0.732. The first-order valence-electron chi connectivity index (χ1n) is 9.07. The summed E-state index contributed by atoms with van der Waals surface area (Å²) >= 11 is 0. The van der Waals surface area contributed by atoms with Gasteiger partial charge in [-0.05, 0) is 57.0 Å². The molecule has 2 heterocycles. The van der Waals surface area contributed by atoms with Gasteiger partial charge < -0.3 is 14.3 Å². The molecule has 1 N–H and O–H groups in total. The van der Waals surface area contributed by atoms with Gasteiger partial charge in [0.05, 0.1) is 5.56 Å². The Hall–Kier alpha value is -2.96. The molecule has 1 aliphatic carbocycles.